The highest BCUT2D eigenvalue weighted by Crippen LogP contribution is 2.33. The number of rotatable bonds is 3. The second-order valence-corrected chi connectivity index (χ2v) is 4.94. The van der Waals surface area contributed by atoms with Crippen LogP contribution in [0.4, 0.5) is 4.39 Å². The monoisotopic (exact) mass is 236 g/mol. The Morgan fingerprint density at radius 2 is 2.00 bits per heavy atom. The summed E-state index contributed by atoms with van der Waals surface area (Å²) in [5.41, 5.74) is 1.11. The first kappa shape index (κ1) is 11.2. The number of benzene rings is 1. The maximum atomic E-state index is 12.8. The van der Waals surface area contributed by atoms with Gasteiger partial charge in [-0.25, -0.2) is 9.37 Å². The quantitative estimate of drug-likeness (QED) is 0.760. The van der Waals surface area contributed by atoms with Gasteiger partial charge in [-0.05, 0) is 24.6 Å². The zero-order valence-corrected chi connectivity index (χ0v) is 10.0. The van der Waals surface area contributed by atoms with Crippen molar-refractivity contribution in [3.63, 3.8) is 0 Å². The highest BCUT2D eigenvalue weighted by atomic mass is 32.2. The van der Waals surface area contributed by atoms with Gasteiger partial charge in [0.15, 0.2) is 5.16 Å². The predicted molar refractivity (Wildman–Crippen MR) is 63.9 cm³/mol. The molecular weight excluding hydrogens is 223 g/mol. The van der Waals surface area contributed by atoms with Crippen LogP contribution in [-0.4, -0.2) is 9.55 Å². The Morgan fingerprint density at radius 3 is 2.56 bits per heavy atom. The molecule has 1 atom stereocenters. The Labute approximate surface area is 98.5 Å². The lowest BCUT2D eigenvalue weighted by Gasteiger charge is -2.10. The zero-order valence-electron chi connectivity index (χ0n) is 9.22. The lowest BCUT2D eigenvalue weighted by molar-refractivity contribution is 0.627. The second-order valence-electron chi connectivity index (χ2n) is 3.63. The summed E-state index contributed by atoms with van der Waals surface area (Å²) in [5, 5.41) is 1.23. The minimum atomic E-state index is -0.196. The van der Waals surface area contributed by atoms with Gasteiger partial charge in [0.1, 0.15) is 5.82 Å². The van der Waals surface area contributed by atoms with E-state index in [1.165, 1.54) is 12.1 Å². The van der Waals surface area contributed by atoms with Gasteiger partial charge in [-0.2, -0.15) is 0 Å². The molecule has 0 radical (unpaired) electrons. The summed E-state index contributed by atoms with van der Waals surface area (Å²) >= 11 is 1.67. The molecule has 2 aromatic rings. The highest BCUT2D eigenvalue weighted by Gasteiger charge is 2.10. The molecule has 2 nitrogen and oxygen atoms in total. The Morgan fingerprint density at radius 1 is 1.31 bits per heavy atom. The van der Waals surface area contributed by atoms with E-state index in [1.807, 2.05) is 29.9 Å². The van der Waals surface area contributed by atoms with Gasteiger partial charge in [-0.1, -0.05) is 23.9 Å². The summed E-state index contributed by atoms with van der Waals surface area (Å²) in [6.45, 7) is 2.09. The number of hydrogen-bond donors (Lipinski definition) is 0. The number of hydrogen-bond acceptors (Lipinski definition) is 2. The van der Waals surface area contributed by atoms with Crippen molar-refractivity contribution in [1.82, 2.24) is 9.55 Å². The van der Waals surface area contributed by atoms with Crippen molar-refractivity contribution in [1.29, 1.82) is 0 Å². The lowest BCUT2D eigenvalue weighted by Crippen LogP contribution is -1.93. The first-order valence-electron chi connectivity index (χ1n) is 5.06. The van der Waals surface area contributed by atoms with Gasteiger partial charge in [0.2, 0.25) is 0 Å². The number of halogens is 1. The molecule has 1 aromatic heterocycles. The molecule has 2 rings (SSSR count). The first-order valence-corrected chi connectivity index (χ1v) is 5.94. The van der Waals surface area contributed by atoms with Crippen LogP contribution in [0.1, 0.15) is 17.7 Å². The van der Waals surface area contributed by atoms with Gasteiger partial charge >= 0.3 is 0 Å². The van der Waals surface area contributed by atoms with Crippen LogP contribution in [0.2, 0.25) is 0 Å². The first-order chi connectivity index (χ1) is 7.66. The van der Waals surface area contributed by atoms with Gasteiger partial charge in [-0.3, -0.25) is 0 Å². The maximum Gasteiger partial charge on any atom is 0.168 e. The molecular formula is C12H13FN2S. The van der Waals surface area contributed by atoms with Crippen molar-refractivity contribution in [3.8, 4) is 0 Å². The predicted octanol–water partition coefficient (Wildman–Crippen LogP) is 3.41. The van der Waals surface area contributed by atoms with E-state index in [1.54, 1.807) is 18.0 Å². The summed E-state index contributed by atoms with van der Waals surface area (Å²) in [6, 6.07) is 6.61. The van der Waals surface area contributed by atoms with E-state index in [0.29, 0.717) is 0 Å². The summed E-state index contributed by atoms with van der Waals surface area (Å²) in [7, 11) is 1.96. The molecule has 0 spiro atoms. The van der Waals surface area contributed by atoms with E-state index in [4.69, 9.17) is 0 Å². The third-order valence-corrected chi connectivity index (χ3v) is 3.63. The zero-order chi connectivity index (χ0) is 11.5. The van der Waals surface area contributed by atoms with Crippen molar-refractivity contribution in [2.24, 2.45) is 7.05 Å². The van der Waals surface area contributed by atoms with Crippen molar-refractivity contribution in [3.05, 3.63) is 48.0 Å². The third-order valence-electron chi connectivity index (χ3n) is 2.40. The van der Waals surface area contributed by atoms with Crippen LogP contribution in [0, 0.1) is 5.82 Å². The van der Waals surface area contributed by atoms with Crippen LogP contribution in [0.25, 0.3) is 0 Å². The summed E-state index contributed by atoms with van der Waals surface area (Å²) in [5.74, 6) is -0.196. The molecule has 16 heavy (non-hydrogen) atoms. The van der Waals surface area contributed by atoms with Crippen LogP contribution in [0.3, 0.4) is 0 Å². The van der Waals surface area contributed by atoms with Gasteiger partial charge in [-0.15, -0.1) is 0 Å². The smallest absolute Gasteiger partial charge is 0.168 e. The summed E-state index contributed by atoms with van der Waals surface area (Å²) in [6.07, 6.45) is 3.69. The second kappa shape index (κ2) is 4.70. The minimum absolute atomic E-state index is 0.196. The van der Waals surface area contributed by atoms with E-state index in [-0.39, 0.29) is 11.1 Å². The van der Waals surface area contributed by atoms with E-state index in [9.17, 15) is 4.39 Å². The van der Waals surface area contributed by atoms with Crippen molar-refractivity contribution in [2.45, 2.75) is 17.3 Å². The van der Waals surface area contributed by atoms with Gasteiger partial charge in [0.05, 0.1) is 0 Å². The molecule has 0 saturated heterocycles. The lowest BCUT2D eigenvalue weighted by atomic mass is 10.2. The average Bonchev–Trinajstić information content (AvgIpc) is 2.65. The minimum Gasteiger partial charge on any atom is -0.329 e. The number of aromatic nitrogens is 2. The van der Waals surface area contributed by atoms with Crippen molar-refractivity contribution >= 4 is 11.8 Å². The molecule has 0 N–H and O–H groups in total. The van der Waals surface area contributed by atoms with E-state index in [2.05, 4.69) is 11.9 Å². The molecule has 0 unspecified atom stereocenters. The largest absolute Gasteiger partial charge is 0.329 e. The highest BCUT2D eigenvalue weighted by molar-refractivity contribution is 7.99. The Bertz CT molecular complexity index is 464. The van der Waals surface area contributed by atoms with E-state index in [0.717, 1.165) is 10.7 Å². The molecule has 1 heterocycles. The SMILES string of the molecule is C[C@@H](Sc1nccn1C)c1ccc(F)cc1. The fourth-order valence-corrected chi connectivity index (χ4v) is 2.38. The molecule has 0 aliphatic rings. The van der Waals surface area contributed by atoms with E-state index >= 15 is 0 Å². The normalized spacial score (nSPS) is 12.7. The van der Waals surface area contributed by atoms with E-state index < -0.39 is 0 Å². The summed E-state index contributed by atoms with van der Waals surface area (Å²) in [4.78, 5) is 4.25. The standard InChI is InChI=1S/C12H13FN2S/c1-9(10-3-5-11(13)6-4-10)16-12-14-7-8-15(12)2/h3-9H,1-2H3/t9-/m1/s1. The molecule has 0 aliphatic heterocycles. The fraction of sp³-hybridized carbons (Fsp3) is 0.250. The van der Waals surface area contributed by atoms with Crippen LogP contribution < -0.4 is 0 Å². The molecule has 84 valence electrons. The van der Waals surface area contributed by atoms with Crippen LogP contribution in [0.15, 0.2) is 41.8 Å². The van der Waals surface area contributed by atoms with Crippen LogP contribution in [-0.2, 0) is 7.05 Å². The Balaban J connectivity index is 2.11. The molecule has 0 saturated carbocycles. The van der Waals surface area contributed by atoms with Gasteiger partial charge in [0.25, 0.3) is 0 Å². The number of imidazole rings is 1. The molecule has 0 aliphatic carbocycles. The molecule has 4 heteroatoms. The number of nitrogens with zero attached hydrogens (tertiary/aromatic N) is 2. The van der Waals surface area contributed by atoms with Crippen molar-refractivity contribution < 1.29 is 4.39 Å². The van der Waals surface area contributed by atoms with Gasteiger partial charge < -0.3 is 4.57 Å². The third kappa shape index (κ3) is 2.44. The maximum absolute atomic E-state index is 12.8. The number of aryl methyl sites for hydroxylation is 1. The van der Waals surface area contributed by atoms with Crippen molar-refractivity contribution in [2.75, 3.05) is 0 Å². The fourth-order valence-electron chi connectivity index (χ4n) is 1.43. The molecule has 0 fully saturated rings. The topological polar surface area (TPSA) is 17.8 Å². The average molecular weight is 236 g/mol. The molecule has 0 amide bonds. The van der Waals surface area contributed by atoms with Gasteiger partial charge in [0, 0.05) is 24.7 Å². The number of thioether (sulfide) groups is 1. The van der Waals surface area contributed by atoms with Crippen LogP contribution >= 0.6 is 11.8 Å². The molecule has 0 bridgehead atoms. The molecule has 1 aromatic carbocycles. The summed E-state index contributed by atoms with van der Waals surface area (Å²) < 4.78 is 14.7. The Hall–Kier alpha value is -1.29. The van der Waals surface area contributed by atoms with Crippen LogP contribution in [0.5, 0.6) is 0 Å². The Kier molecular flexibility index (Phi) is 3.29.